The van der Waals surface area contributed by atoms with Gasteiger partial charge in [-0.3, -0.25) is 9.36 Å². The van der Waals surface area contributed by atoms with Crippen molar-refractivity contribution in [1.82, 2.24) is 14.8 Å². The highest BCUT2D eigenvalue weighted by Gasteiger charge is 2.27. The number of rotatable bonds is 4. The first-order valence-electron chi connectivity index (χ1n) is 9.58. The first-order valence-corrected chi connectivity index (χ1v) is 10.6. The maximum atomic E-state index is 12.9. The lowest BCUT2D eigenvalue weighted by molar-refractivity contribution is -0.116. The second kappa shape index (κ2) is 7.31. The highest BCUT2D eigenvalue weighted by atomic mass is 32.2. The Kier molecular flexibility index (Phi) is 4.52. The van der Waals surface area contributed by atoms with Crippen molar-refractivity contribution in [3.05, 3.63) is 60.2 Å². The summed E-state index contributed by atoms with van der Waals surface area (Å²) in [5.74, 6) is 1.36. The maximum Gasteiger partial charge on any atom is 0.237 e. The van der Waals surface area contributed by atoms with E-state index in [-0.39, 0.29) is 5.91 Å². The summed E-state index contributed by atoms with van der Waals surface area (Å²) in [5.41, 5.74) is 3.43. The molecule has 28 heavy (non-hydrogen) atoms. The number of hydrogen-bond donors (Lipinski definition) is 0. The summed E-state index contributed by atoms with van der Waals surface area (Å²) in [6.07, 6.45) is 2.06. The Morgan fingerprint density at radius 3 is 2.68 bits per heavy atom. The van der Waals surface area contributed by atoms with Crippen molar-refractivity contribution in [3.8, 4) is 0 Å². The smallest absolute Gasteiger partial charge is 0.237 e. The van der Waals surface area contributed by atoms with E-state index in [0.29, 0.717) is 5.75 Å². The van der Waals surface area contributed by atoms with Gasteiger partial charge in [-0.15, -0.1) is 10.2 Å². The summed E-state index contributed by atoms with van der Waals surface area (Å²) >= 11 is 1.48. The number of carbonyl (C=O) groups excluding carboxylic acids is 1. The van der Waals surface area contributed by atoms with Gasteiger partial charge in [-0.2, -0.15) is 0 Å². The zero-order valence-corrected chi connectivity index (χ0v) is 16.3. The van der Waals surface area contributed by atoms with Crippen LogP contribution in [0.1, 0.15) is 12.0 Å². The third kappa shape index (κ3) is 3.05. The summed E-state index contributed by atoms with van der Waals surface area (Å²) < 4.78 is 2.11. The van der Waals surface area contributed by atoms with Crippen LogP contribution in [0.3, 0.4) is 0 Å². The SMILES string of the molecule is O=C(CSc1nnc2n1CCN2c1ccccc1)N1CCCc2ccccc21. The summed E-state index contributed by atoms with van der Waals surface area (Å²) in [7, 11) is 0. The van der Waals surface area contributed by atoms with Crippen LogP contribution in [0.2, 0.25) is 0 Å². The third-order valence-electron chi connectivity index (χ3n) is 5.29. The molecule has 3 aromatic rings. The Morgan fingerprint density at radius 1 is 0.964 bits per heavy atom. The van der Waals surface area contributed by atoms with E-state index in [1.165, 1.54) is 17.3 Å². The molecule has 5 rings (SSSR count). The molecule has 3 heterocycles. The number of hydrogen-bond acceptors (Lipinski definition) is 5. The average Bonchev–Trinajstić information content (AvgIpc) is 3.34. The molecule has 6 nitrogen and oxygen atoms in total. The fourth-order valence-corrected chi connectivity index (χ4v) is 4.77. The second-order valence-electron chi connectivity index (χ2n) is 6.99. The normalized spacial score (nSPS) is 15.4. The highest BCUT2D eigenvalue weighted by molar-refractivity contribution is 7.99. The van der Waals surface area contributed by atoms with Crippen LogP contribution in [0, 0.1) is 0 Å². The van der Waals surface area contributed by atoms with Gasteiger partial charge < -0.3 is 9.80 Å². The van der Waals surface area contributed by atoms with Crippen LogP contribution in [0.5, 0.6) is 0 Å². The van der Waals surface area contributed by atoms with E-state index < -0.39 is 0 Å². The molecule has 0 unspecified atom stereocenters. The molecule has 7 heteroatoms. The number of nitrogens with zero attached hydrogens (tertiary/aromatic N) is 5. The number of aryl methyl sites for hydroxylation is 1. The summed E-state index contributed by atoms with van der Waals surface area (Å²) in [4.78, 5) is 17.0. The fourth-order valence-electron chi connectivity index (χ4n) is 3.93. The second-order valence-corrected chi connectivity index (χ2v) is 7.93. The van der Waals surface area contributed by atoms with Crippen LogP contribution >= 0.6 is 11.8 Å². The molecule has 2 aliphatic rings. The van der Waals surface area contributed by atoms with Gasteiger partial charge in [-0.25, -0.2) is 0 Å². The zero-order valence-electron chi connectivity index (χ0n) is 15.5. The Balaban J connectivity index is 1.30. The molecule has 0 radical (unpaired) electrons. The van der Waals surface area contributed by atoms with Gasteiger partial charge in [0.25, 0.3) is 0 Å². The van der Waals surface area contributed by atoms with Crippen LogP contribution in [-0.2, 0) is 17.8 Å². The molecule has 1 aromatic heterocycles. The largest absolute Gasteiger partial charge is 0.311 e. The Labute approximate surface area is 168 Å². The topological polar surface area (TPSA) is 54.3 Å². The minimum Gasteiger partial charge on any atom is -0.311 e. The average molecular weight is 392 g/mol. The van der Waals surface area contributed by atoms with Crippen LogP contribution < -0.4 is 9.80 Å². The summed E-state index contributed by atoms with van der Waals surface area (Å²) in [5, 5.41) is 9.52. The van der Waals surface area contributed by atoms with Crippen LogP contribution in [0.25, 0.3) is 0 Å². The summed E-state index contributed by atoms with van der Waals surface area (Å²) in [6.45, 7) is 2.49. The molecule has 0 N–H and O–H groups in total. The van der Waals surface area contributed by atoms with Crippen molar-refractivity contribution in [1.29, 1.82) is 0 Å². The van der Waals surface area contributed by atoms with E-state index in [0.717, 1.165) is 55.0 Å². The number of benzene rings is 2. The molecule has 142 valence electrons. The van der Waals surface area contributed by atoms with Crippen molar-refractivity contribution in [2.24, 2.45) is 0 Å². The molecule has 0 spiro atoms. The van der Waals surface area contributed by atoms with Crippen molar-refractivity contribution < 1.29 is 4.79 Å². The van der Waals surface area contributed by atoms with Gasteiger partial charge in [0.2, 0.25) is 11.9 Å². The minimum absolute atomic E-state index is 0.132. The number of para-hydroxylation sites is 2. The monoisotopic (exact) mass is 391 g/mol. The van der Waals surface area contributed by atoms with E-state index in [4.69, 9.17) is 0 Å². The molecule has 0 bridgehead atoms. The van der Waals surface area contributed by atoms with Gasteiger partial charge in [0.1, 0.15) is 0 Å². The van der Waals surface area contributed by atoms with Crippen LogP contribution in [-0.4, -0.2) is 39.5 Å². The summed E-state index contributed by atoms with van der Waals surface area (Å²) in [6, 6.07) is 18.4. The van der Waals surface area contributed by atoms with E-state index in [1.54, 1.807) is 0 Å². The van der Waals surface area contributed by atoms with E-state index >= 15 is 0 Å². The van der Waals surface area contributed by atoms with Gasteiger partial charge in [0.15, 0.2) is 5.16 Å². The quantitative estimate of drug-likeness (QED) is 0.637. The molecule has 1 amide bonds. The van der Waals surface area contributed by atoms with Crippen molar-refractivity contribution in [3.63, 3.8) is 0 Å². The molecule has 0 atom stereocenters. The number of thioether (sulfide) groups is 1. The van der Waals surface area contributed by atoms with Crippen molar-refractivity contribution >= 4 is 35.0 Å². The number of anilines is 3. The lowest BCUT2D eigenvalue weighted by atomic mass is 10.0. The lowest BCUT2D eigenvalue weighted by Gasteiger charge is -2.29. The van der Waals surface area contributed by atoms with Gasteiger partial charge in [0, 0.05) is 31.0 Å². The molecule has 2 aliphatic heterocycles. The number of amides is 1. The Bertz CT molecular complexity index is 1000. The fraction of sp³-hybridized carbons (Fsp3) is 0.286. The minimum atomic E-state index is 0.132. The molecular formula is C21H21N5OS. The number of fused-ring (bicyclic) bond motifs is 2. The molecule has 0 saturated heterocycles. The van der Waals surface area contributed by atoms with E-state index in [1.807, 2.05) is 41.3 Å². The molecule has 0 aliphatic carbocycles. The van der Waals surface area contributed by atoms with Gasteiger partial charge >= 0.3 is 0 Å². The molecule has 2 aromatic carbocycles. The first kappa shape index (κ1) is 17.3. The number of aromatic nitrogens is 3. The Morgan fingerprint density at radius 2 is 1.79 bits per heavy atom. The lowest BCUT2D eigenvalue weighted by Crippen LogP contribution is -2.36. The predicted molar refractivity (Wildman–Crippen MR) is 111 cm³/mol. The molecule has 0 saturated carbocycles. The van der Waals surface area contributed by atoms with Crippen molar-refractivity contribution in [2.75, 3.05) is 28.6 Å². The van der Waals surface area contributed by atoms with E-state index in [9.17, 15) is 4.79 Å². The molecule has 0 fully saturated rings. The van der Waals surface area contributed by atoms with Gasteiger partial charge in [0.05, 0.1) is 5.75 Å². The van der Waals surface area contributed by atoms with E-state index in [2.05, 4.69) is 37.9 Å². The predicted octanol–water partition coefficient (Wildman–Crippen LogP) is 3.50. The molecular weight excluding hydrogens is 370 g/mol. The third-order valence-corrected chi connectivity index (χ3v) is 6.24. The van der Waals surface area contributed by atoms with Crippen LogP contribution in [0.4, 0.5) is 17.3 Å². The standard InChI is InChI=1S/C21H21N5OS/c27-19(25-12-6-8-16-7-4-5-11-18(16)25)15-28-21-23-22-20-24(13-14-26(20)21)17-9-2-1-3-10-17/h1-5,7,9-11H,6,8,12-15H2. The Hall–Kier alpha value is -2.80. The zero-order chi connectivity index (χ0) is 18.9. The van der Waals surface area contributed by atoms with Gasteiger partial charge in [-0.1, -0.05) is 48.2 Å². The first-order chi connectivity index (χ1) is 13.8. The highest BCUT2D eigenvalue weighted by Crippen LogP contribution is 2.32. The van der Waals surface area contributed by atoms with Gasteiger partial charge in [-0.05, 0) is 36.6 Å². The number of carbonyl (C=O) groups is 1. The van der Waals surface area contributed by atoms with Crippen molar-refractivity contribution in [2.45, 2.75) is 24.5 Å². The maximum absolute atomic E-state index is 12.9. The van der Waals surface area contributed by atoms with Crippen LogP contribution in [0.15, 0.2) is 59.8 Å².